The molecule has 0 spiro atoms. The van der Waals surface area contributed by atoms with Gasteiger partial charge in [0.2, 0.25) is 0 Å². The zero-order chi connectivity index (χ0) is 12.8. The number of esters is 1. The molecule has 0 bridgehead atoms. The van der Waals surface area contributed by atoms with E-state index in [9.17, 15) is 4.79 Å². The summed E-state index contributed by atoms with van der Waals surface area (Å²) in [4.78, 5) is 11.3. The van der Waals surface area contributed by atoms with Crippen LogP contribution >= 0.6 is 11.6 Å². The van der Waals surface area contributed by atoms with Gasteiger partial charge in [-0.25, -0.2) is 0 Å². The maximum absolute atomic E-state index is 11.3. The normalized spacial score (nSPS) is 12.0. The van der Waals surface area contributed by atoms with E-state index in [4.69, 9.17) is 16.3 Å². The Kier molecular flexibility index (Phi) is 5.29. The van der Waals surface area contributed by atoms with Crippen molar-refractivity contribution in [2.75, 3.05) is 11.9 Å². The number of hydrogen-bond donors (Lipinski definition) is 1. The van der Waals surface area contributed by atoms with Crippen LogP contribution in [0.15, 0.2) is 18.2 Å². The van der Waals surface area contributed by atoms with E-state index in [1.54, 1.807) is 6.92 Å². The summed E-state index contributed by atoms with van der Waals surface area (Å²) >= 11 is 6.06. The number of hydrogen-bond acceptors (Lipinski definition) is 3. The molecule has 1 rings (SSSR count). The first-order valence-corrected chi connectivity index (χ1v) is 6.09. The van der Waals surface area contributed by atoms with Gasteiger partial charge in [-0.2, -0.15) is 0 Å². The van der Waals surface area contributed by atoms with E-state index in [1.807, 2.05) is 32.0 Å². The highest BCUT2D eigenvalue weighted by molar-refractivity contribution is 6.33. The molecular formula is C13H18ClNO2. The molecule has 0 fully saturated rings. The Bertz CT molecular complexity index is 393. The highest BCUT2D eigenvalue weighted by Crippen LogP contribution is 2.23. The SMILES string of the molecule is CCOC(=O)CC(C)Nc1cc(C)ccc1Cl. The van der Waals surface area contributed by atoms with Gasteiger partial charge in [0, 0.05) is 6.04 Å². The largest absolute Gasteiger partial charge is 0.466 e. The molecule has 1 unspecified atom stereocenters. The first kappa shape index (κ1) is 13.8. The number of aryl methyl sites for hydroxylation is 1. The molecule has 94 valence electrons. The molecule has 3 nitrogen and oxygen atoms in total. The summed E-state index contributed by atoms with van der Waals surface area (Å²) in [5.41, 5.74) is 1.98. The van der Waals surface area contributed by atoms with Crippen molar-refractivity contribution in [2.45, 2.75) is 33.2 Å². The molecule has 17 heavy (non-hydrogen) atoms. The number of halogens is 1. The second-order valence-electron chi connectivity index (χ2n) is 4.04. The van der Waals surface area contributed by atoms with E-state index in [2.05, 4.69) is 5.32 Å². The smallest absolute Gasteiger partial charge is 0.307 e. The molecular weight excluding hydrogens is 238 g/mol. The molecule has 0 heterocycles. The average Bonchev–Trinajstić information content (AvgIpc) is 2.23. The first-order valence-electron chi connectivity index (χ1n) is 5.71. The van der Waals surface area contributed by atoms with Crippen molar-refractivity contribution in [2.24, 2.45) is 0 Å². The van der Waals surface area contributed by atoms with Crippen LogP contribution in [0.4, 0.5) is 5.69 Å². The van der Waals surface area contributed by atoms with Crippen molar-refractivity contribution in [1.82, 2.24) is 0 Å². The molecule has 1 aromatic rings. The lowest BCUT2D eigenvalue weighted by molar-refractivity contribution is -0.143. The monoisotopic (exact) mass is 255 g/mol. The van der Waals surface area contributed by atoms with Gasteiger partial charge < -0.3 is 10.1 Å². The fraction of sp³-hybridized carbons (Fsp3) is 0.462. The molecule has 1 N–H and O–H groups in total. The fourth-order valence-electron chi connectivity index (χ4n) is 1.54. The van der Waals surface area contributed by atoms with Crippen LogP contribution in [0.5, 0.6) is 0 Å². The number of anilines is 1. The van der Waals surface area contributed by atoms with Gasteiger partial charge in [0.25, 0.3) is 0 Å². The summed E-state index contributed by atoms with van der Waals surface area (Å²) in [6.07, 6.45) is 0.331. The van der Waals surface area contributed by atoms with E-state index in [0.717, 1.165) is 11.3 Å². The average molecular weight is 256 g/mol. The summed E-state index contributed by atoms with van der Waals surface area (Å²) in [6, 6.07) is 5.75. The van der Waals surface area contributed by atoms with E-state index >= 15 is 0 Å². The van der Waals surface area contributed by atoms with Crippen molar-refractivity contribution in [3.8, 4) is 0 Å². The van der Waals surface area contributed by atoms with Crippen LogP contribution in [0.2, 0.25) is 5.02 Å². The van der Waals surface area contributed by atoms with Crippen LogP contribution in [0.25, 0.3) is 0 Å². The standard InChI is InChI=1S/C13H18ClNO2/c1-4-17-13(16)8-10(3)15-12-7-9(2)5-6-11(12)14/h5-7,10,15H,4,8H2,1-3H3. The molecule has 0 aliphatic heterocycles. The highest BCUT2D eigenvalue weighted by Gasteiger charge is 2.11. The molecule has 0 radical (unpaired) electrons. The maximum Gasteiger partial charge on any atom is 0.307 e. The molecule has 0 aliphatic rings. The number of benzene rings is 1. The third kappa shape index (κ3) is 4.65. The van der Waals surface area contributed by atoms with Crippen LogP contribution in [-0.4, -0.2) is 18.6 Å². The quantitative estimate of drug-likeness (QED) is 0.820. The van der Waals surface area contributed by atoms with Crippen LogP contribution in [0.3, 0.4) is 0 Å². The minimum absolute atomic E-state index is 0.00616. The molecule has 0 aromatic heterocycles. The van der Waals surface area contributed by atoms with Gasteiger partial charge in [0.05, 0.1) is 23.7 Å². The highest BCUT2D eigenvalue weighted by atomic mass is 35.5. The van der Waals surface area contributed by atoms with Gasteiger partial charge in [-0.15, -0.1) is 0 Å². The van der Waals surface area contributed by atoms with Gasteiger partial charge >= 0.3 is 5.97 Å². The Hall–Kier alpha value is -1.22. The molecule has 0 saturated heterocycles. The summed E-state index contributed by atoms with van der Waals surface area (Å²) in [5.74, 6) is -0.198. The summed E-state index contributed by atoms with van der Waals surface area (Å²) in [5, 5.41) is 3.87. The van der Waals surface area contributed by atoms with Crippen LogP contribution in [0.1, 0.15) is 25.8 Å². The van der Waals surface area contributed by atoms with Gasteiger partial charge in [-0.1, -0.05) is 17.7 Å². The minimum atomic E-state index is -0.198. The number of carbonyl (C=O) groups excluding carboxylic acids is 1. The van der Waals surface area contributed by atoms with Crippen LogP contribution in [0, 0.1) is 6.92 Å². The van der Waals surface area contributed by atoms with Crippen LogP contribution < -0.4 is 5.32 Å². The second-order valence-corrected chi connectivity index (χ2v) is 4.45. The second kappa shape index (κ2) is 6.50. The Morgan fingerprint density at radius 1 is 1.53 bits per heavy atom. The number of rotatable bonds is 5. The number of nitrogens with one attached hydrogen (secondary N) is 1. The molecule has 0 amide bonds. The first-order chi connectivity index (χ1) is 8.02. The zero-order valence-corrected chi connectivity index (χ0v) is 11.2. The van der Waals surface area contributed by atoms with E-state index < -0.39 is 0 Å². The Balaban J connectivity index is 2.58. The summed E-state index contributed by atoms with van der Waals surface area (Å²) < 4.78 is 4.89. The lowest BCUT2D eigenvalue weighted by atomic mass is 10.2. The number of ether oxygens (including phenoxy) is 1. The number of carbonyl (C=O) groups is 1. The van der Waals surface area contributed by atoms with Gasteiger partial charge in [-0.3, -0.25) is 4.79 Å². The van der Waals surface area contributed by atoms with Crippen molar-refractivity contribution in [3.05, 3.63) is 28.8 Å². The van der Waals surface area contributed by atoms with E-state index in [0.29, 0.717) is 18.1 Å². The van der Waals surface area contributed by atoms with Crippen molar-refractivity contribution in [3.63, 3.8) is 0 Å². The Morgan fingerprint density at radius 2 is 2.24 bits per heavy atom. The molecule has 1 atom stereocenters. The van der Waals surface area contributed by atoms with Gasteiger partial charge in [0.15, 0.2) is 0 Å². The molecule has 0 saturated carbocycles. The van der Waals surface area contributed by atoms with E-state index in [1.165, 1.54) is 0 Å². The van der Waals surface area contributed by atoms with Crippen molar-refractivity contribution in [1.29, 1.82) is 0 Å². The van der Waals surface area contributed by atoms with Gasteiger partial charge in [-0.05, 0) is 38.5 Å². The van der Waals surface area contributed by atoms with Crippen molar-refractivity contribution >= 4 is 23.3 Å². The Labute approximate surface area is 107 Å². The minimum Gasteiger partial charge on any atom is -0.466 e. The lowest BCUT2D eigenvalue weighted by Crippen LogP contribution is -2.21. The summed E-state index contributed by atoms with van der Waals surface area (Å²) in [6.45, 7) is 6.14. The fourth-order valence-corrected chi connectivity index (χ4v) is 1.71. The zero-order valence-electron chi connectivity index (χ0n) is 10.4. The predicted octanol–water partition coefficient (Wildman–Crippen LogP) is 3.40. The van der Waals surface area contributed by atoms with Crippen molar-refractivity contribution < 1.29 is 9.53 Å². The van der Waals surface area contributed by atoms with Gasteiger partial charge in [0.1, 0.15) is 0 Å². The molecule has 4 heteroatoms. The van der Waals surface area contributed by atoms with Crippen LogP contribution in [-0.2, 0) is 9.53 Å². The third-order valence-corrected chi connectivity index (χ3v) is 2.63. The summed E-state index contributed by atoms with van der Waals surface area (Å²) in [7, 11) is 0. The lowest BCUT2D eigenvalue weighted by Gasteiger charge is -2.16. The molecule has 0 aliphatic carbocycles. The topological polar surface area (TPSA) is 38.3 Å². The van der Waals surface area contributed by atoms with E-state index in [-0.39, 0.29) is 12.0 Å². The predicted molar refractivity (Wildman–Crippen MR) is 70.5 cm³/mol. The molecule has 1 aromatic carbocycles. The maximum atomic E-state index is 11.3. The third-order valence-electron chi connectivity index (χ3n) is 2.30. The Morgan fingerprint density at radius 3 is 2.88 bits per heavy atom.